The third-order valence-electron chi connectivity index (χ3n) is 7.95. The molecule has 0 saturated heterocycles. The fraction of sp³-hybridized carbons (Fsp3) is 0.724. The minimum atomic E-state index is -0.482. The molecule has 0 nitrogen and oxygen atoms in total. The van der Waals surface area contributed by atoms with Gasteiger partial charge in [0, 0.05) is 5.92 Å². The van der Waals surface area contributed by atoms with Crippen LogP contribution in [-0.4, -0.2) is 0 Å². The maximum Gasteiger partial charge on any atom is 0.142 e. The van der Waals surface area contributed by atoms with Gasteiger partial charge in [0.15, 0.2) is 0 Å². The van der Waals surface area contributed by atoms with Crippen molar-refractivity contribution >= 4 is 0 Å². The van der Waals surface area contributed by atoms with Crippen molar-refractivity contribution in [3.05, 3.63) is 34.9 Å². The van der Waals surface area contributed by atoms with Crippen molar-refractivity contribution in [1.82, 2.24) is 0 Å². The van der Waals surface area contributed by atoms with Gasteiger partial charge in [0.2, 0.25) is 0 Å². The van der Waals surface area contributed by atoms with Crippen LogP contribution in [0.4, 0.5) is 8.78 Å². The zero-order valence-corrected chi connectivity index (χ0v) is 19.8. The van der Waals surface area contributed by atoms with Crippen LogP contribution < -0.4 is 0 Å². The second kappa shape index (κ2) is 12.6. The van der Waals surface area contributed by atoms with Crippen LogP contribution in [0.2, 0.25) is 0 Å². The molecule has 172 valence electrons. The Labute approximate surface area is 189 Å². The second-order valence-corrected chi connectivity index (χ2v) is 10.3. The van der Waals surface area contributed by atoms with Crippen molar-refractivity contribution in [2.75, 3.05) is 0 Å². The fourth-order valence-electron chi connectivity index (χ4n) is 5.64. The van der Waals surface area contributed by atoms with Crippen LogP contribution in [0.15, 0.2) is 12.1 Å². The first kappa shape index (κ1) is 24.3. The van der Waals surface area contributed by atoms with Crippen LogP contribution in [0.3, 0.4) is 0 Å². The standard InChI is InChI=1S/C29H42F2/c1-3-5-6-7-23-12-14-24(15-13-23)16-17-26-20-28(30)27(29(31)21-26)19-18-25-10-8-22(4-2)9-11-25/h20-25H,3-17H2,1-2H3. The minimum absolute atomic E-state index is 0.0334. The monoisotopic (exact) mass is 428 g/mol. The molecule has 0 heterocycles. The van der Waals surface area contributed by atoms with E-state index < -0.39 is 11.6 Å². The molecule has 2 aliphatic rings. The van der Waals surface area contributed by atoms with E-state index in [-0.39, 0.29) is 5.56 Å². The molecule has 0 aliphatic heterocycles. The van der Waals surface area contributed by atoms with E-state index in [1.165, 1.54) is 82.8 Å². The van der Waals surface area contributed by atoms with Crippen LogP contribution in [0.25, 0.3) is 0 Å². The molecule has 0 radical (unpaired) electrons. The van der Waals surface area contributed by atoms with E-state index in [1.54, 1.807) is 0 Å². The normalized spacial score (nSPS) is 26.3. The highest BCUT2D eigenvalue weighted by molar-refractivity contribution is 5.39. The topological polar surface area (TPSA) is 0 Å². The predicted molar refractivity (Wildman–Crippen MR) is 127 cm³/mol. The smallest absolute Gasteiger partial charge is 0.142 e. The Hall–Kier alpha value is -1.36. The molecule has 0 amide bonds. The maximum atomic E-state index is 14.6. The third-order valence-corrected chi connectivity index (χ3v) is 7.95. The van der Waals surface area contributed by atoms with Gasteiger partial charge < -0.3 is 0 Å². The van der Waals surface area contributed by atoms with Gasteiger partial charge in [0.1, 0.15) is 11.6 Å². The summed E-state index contributed by atoms with van der Waals surface area (Å²) in [5, 5.41) is 0. The molecule has 0 aromatic heterocycles. The van der Waals surface area contributed by atoms with Gasteiger partial charge in [0.25, 0.3) is 0 Å². The van der Waals surface area contributed by atoms with E-state index in [0.29, 0.717) is 11.8 Å². The Morgan fingerprint density at radius 2 is 1.35 bits per heavy atom. The maximum absolute atomic E-state index is 14.6. The molecule has 0 N–H and O–H groups in total. The molecule has 2 aliphatic carbocycles. The SMILES string of the molecule is CCCCCC1CCC(CCc2cc(F)c(C#CC3CCC(CC)CC3)c(F)c2)CC1. The first-order valence-electron chi connectivity index (χ1n) is 13.1. The number of unbranched alkanes of at least 4 members (excludes halogenated alkanes) is 2. The minimum Gasteiger partial charge on any atom is -0.206 e. The van der Waals surface area contributed by atoms with Crippen molar-refractivity contribution < 1.29 is 8.78 Å². The number of hydrogen-bond acceptors (Lipinski definition) is 0. The molecule has 2 heteroatoms. The number of benzene rings is 1. The van der Waals surface area contributed by atoms with E-state index >= 15 is 0 Å². The Balaban J connectivity index is 1.47. The van der Waals surface area contributed by atoms with Gasteiger partial charge in [-0.25, -0.2) is 8.78 Å². The van der Waals surface area contributed by atoms with E-state index in [4.69, 9.17) is 0 Å². The quantitative estimate of drug-likeness (QED) is 0.286. The third kappa shape index (κ3) is 7.62. The molecular weight excluding hydrogens is 386 g/mol. The van der Waals surface area contributed by atoms with Crippen LogP contribution >= 0.6 is 0 Å². The van der Waals surface area contributed by atoms with Crippen molar-refractivity contribution in [2.45, 2.75) is 110 Å². The van der Waals surface area contributed by atoms with Gasteiger partial charge in [-0.15, -0.1) is 0 Å². The second-order valence-electron chi connectivity index (χ2n) is 10.3. The molecule has 1 aromatic carbocycles. The number of halogens is 2. The number of aryl methyl sites for hydroxylation is 1. The molecule has 0 spiro atoms. The molecular formula is C29H42F2. The van der Waals surface area contributed by atoms with Gasteiger partial charge in [0.05, 0.1) is 5.56 Å². The molecule has 0 bridgehead atoms. The van der Waals surface area contributed by atoms with Gasteiger partial charge in [-0.05, 0) is 74.0 Å². The average Bonchev–Trinajstić information content (AvgIpc) is 2.78. The van der Waals surface area contributed by atoms with Crippen molar-refractivity contribution in [2.24, 2.45) is 23.7 Å². The molecule has 1 aromatic rings. The lowest BCUT2D eigenvalue weighted by Crippen LogP contribution is -2.15. The summed E-state index contributed by atoms with van der Waals surface area (Å²) < 4.78 is 29.2. The average molecular weight is 429 g/mol. The first-order valence-corrected chi connectivity index (χ1v) is 13.1. The largest absolute Gasteiger partial charge is 0.206 e. The van der Waals surface area contributed by atoms with E-state index in [0.717, 1.165) is 43.1 Å². The van der Waals surface area contributed by atoms with Crippen molar-refractivity contribution in [3.63, 3.8) is 0 Å². The van der Waals surface area contributed by atoms with Gasteiger partial charge in [-0.3, -0.25) is 0 Å². The van der Waals surface area contributed by atoms with Crippen molar-refractivity contribution in [1.29, 1.82) is 0 Å². The van der Waals surface area contributed by atoms with E-state index in [1.807, 2.05) is 0 Å². The summed E-state index contributed by atoms with van der Waals surface area (Å²) in [5.74, 6) is 7.76. The fourth-order valence-corrected chi connectivity index (χ4v) is 5.64. The van der Waals surface area contributed by atoms with Crippen molar-refractivity contribution in [3.8, 4) is 11.8 Å². The van der Waals surface area contributed by atoms with Gasteiger partial charge in [-0.1, -0.05) is 83.5 Å². The number of rotatable bonds is 8. The van der Waals surface area contributed by atoms with Gasteiger partial charge >= 0.3 is 0 Å². The lowest BCUT2D eigenvalue weighted by molar-refractivity contribution is 0.249. The number of hydrogen-bond donors (Lipinski definition) is 0. The summed E-state index contributed by atoms with van der Waals surface area (Å²) in [7, 11) is 0. The summed E-state index contributed by atoms with van der Waals surface area (Å²) in [5.41, 5.74) is 0.753. The Morgan fingerprint density at radius 1 is 0.774 bits per heavy atom. The Kier molecular flexibility index (Phi) is 9.89. The predicted octanol–water partition coefficient (Wildman–Crippen LogP) is 8.85. The highest BCUT2D eigenvalue weighted by Crippen LogP contribution is 2.34. The summed E-state index contributed by atoms with van der Waals surface area (Å²) in [6.45, 7) is 4.50. The summed E-state index contributed by atoms with van der Waals surface area (Å²) in [6.07, 6.45) is 18.2. The van der Waals surface area contributed by atoms with E-state index in [2.05, 4.69) is 25.7 Å². The molecule has 0 atom stereocenters. The molecule has 0 unspecified atom stereocenters. The van der Waals surface area contributed by atoms with Crippen LogP contribution in [-0.2, 0) is 6.42 Å². The lowest BCUT2D eigenvalue weighted by Gasteiger charge is -2.28. The first-order chi connectivity index (χ1) is 15.1. The molecule has 31 heavy (non-hydrogen) atoms. The highest BCUT2D eigenvalue weighted by Gasteiger charge is 2.21. The van der Waals surface area contributed by atoms with E-state index in [9.17, 15) is 8.78 Å². The lowest BCUT2D eigenvalue weighted by atomic mass is 9.78. The summed E-state index contributed by atoms with van der Waals surface area (Å²) in [4.78, 5) is 0. The highest BCUT2D eigenvalue weighted by atomic mass is 19.1. The Morgan fingerprint density at radius 3 is 1.94 bits per heavy atom. The zero-order chi connectivity index (χ0) is 22.1. The summed E-state index contributed by atoms with van der Waals surface area (Å²) >= 11 is 0. The van der Waals surface area contributed by atoms with Crippen LogP contribution in [0.1, 0.15) is 115 Å². The summed E-state index contributed by atoms with van der Waals surface area (Å²) in [6, 6.07) is 3.05. The van der Waals surface area contributed by atoms with Crippen LogP contribution in [0, 0.1) is 47.1 Å². The molecule has 3 rings (SSSR count). The molecule has 2 saturated carbocycles. The van der Waals surface area contributed by atoms with Gasteiger partial charge in [-0.2, -0.15) is 0 Å². The van der Waals surface area contributed by atoms with Crippen LogP contribution in [0.5, 0.6) is 0 Å². The Bertz CT molecular complexity index is 702. The zero-order valence-electron chi connectivity index (χ0n) is 19.8. The molecule has 2 fully saturated rings.